The van der Waals surface area contributed by atoms with Gasteiger partial charge in [-0.05, 0) is 36.2 Å². The molecule has 2 aromatic rings. The molecule has 0 bridgehead atoms. The molecule has 0 aromatic heterocycles. The van der Waals surface area contributed by atoms with E-state index >= 15 is 0 Å². The average molecular weight is 331 g/mol. The molecular formula is C17H17NO6. The second kappa shape index (κ2) is 7.36. The first-order valence-electron chi connectivity index (χ1n) is 7.12. The average Bonchev–Trinajstić information content (AvgIpc) is 2.53. The summed E-state index contributed by atoms with van der Waals surface area (Å²) in [5.41, 5.74) is 0.658. The highest BCUT2D eigenvalue weighted by Crippen LogP contribution is 2.27. The van der Waals surface area contributed by atoms with E-state index in [9.17, 15) is 19.8 Å². The Morgan fingerprint density at radius 3 is 2.50 bits per heavy atom. The minimum Gasteiger partial charge on any atom is -0.508 e. The molecule has 126 valence electrons. The molecule has 0 aliphatic carbocycles. The molecule has 0 spiro atoms. The number of carbonyl (C=O) groups is 2. The number of benzene rings is 2. The Morgan fingerprint density at radius 1 is 1.12 bits per heavy atom. The van der Waals surface area contributed by atoms with E-state index < -0.39 is 11.9 Å². The van der Waals surface area contributed by atoms with Gasteiger partial charge in [-0.15, -0.1) is 0 Å². The number of carbonyl (C=O) groups excluding carboxylic acids is 1. The normalized spacial score (nSPS) is 10.2. The van der Waals surface area contributed by atoms with E-state index in [-0.39, 0.29) is 29.2 Å². The van der Waals surface area contributed by atoms with Gasteiger partial charge in [-0.1, -0.05) is 6.07 Å². The van der Waals surface area contributed by atoms with Crippen LogP contribution >= 0.6 is 0 Å². The minimum atomic E-state index is -1.20. The van der Waals surface area contributed by atoms with Crippen molar-refractivity contribution in [2.45, 2.75) is 12.8 Å². The van der Waals surface area contributed by atoms with Crippen molar-refractivity contribution in [3.05, 3.63) is 47.5 Å². The summed E-state index contributed by atoms with van der Waals surface area (Å²) in [7, 11) is 1.44. The lowest BCUT2D eigenvalue weighted by atomic mass is 10.1. The lowest BCUT2D eigenvalue weighted by molar-refractivity contribution is -0.116. The zero-order valence-corrected chi connectivity index (χ0v) is 12.9. The summed E-state index contributed by atoms with van der Waals surface area (Å²) in [5, 5.41) is 30.7. The molecule has 2 rings (SSSR count). The van der Waals surface area contributed by atoms with Crippen LogP contribution in [-0.4, -0.2) is 34.3 Å². The van der Waals surface area contributed by atoms with Gasteiger partial charge in [0.15, 0.2) is 11.5 Å². The summed E-state index contributed by atoms with van der Waals surface area (Å²) in [6.45, 7) is 0. The Hall–Kier alpha value is -3.22. The Labute approximate surface area is 138 Å². The fourth-order valence-electron chi connectivity index (χ4n) is 2.18. The van der Waals surface area contributed by atoms with Crippen molar-refractivity contribution in [3.63, 3.8) is 0 Å². The van der Waals surface area contributed by atoms with Crippen molar-refractivity contribution >= 4 is 17.6 Å². The number of hydrogen-bond donors (Lipinski definition) is 4. The van der Waals surface area contributed by atoms with Crippen molar-refractivity contribution in [1.82, 2.24) is 0 Å². The van der Waals surface area contributed by atoms with E-state index in [1.54, 1.807) is 12.1 Å². The van der Waals surface area contributed by atoms with Gasteiger partial charge in [0.1, 0.15) is 5.75 Å². The monoisotopic (exact) mass is 331 g/mol. The Balaban J connectivity index is 2.03. The molecule has 7 heteroatoms. The molecule has 4 N–H and O–H groups in total. The highest BCUT2D eigenvalue weighted by Gasteiger charge is 2.13. The van der Waals surface area contributed by atoms with Gasteiger partial charge in [-0.2, -0.15) is 0 Å². The van der Waals surface area contributed by atoms with Crippen LogP contribution in [0.3, 0.4) is 0 Å². The van der Waals surface area contributed by atoms with Gasteiger partial charge in [-0.25, -0.2) is 4.79 Å². The van der Waals surface area contributed by atoms with Crippen LogP contribution in [0.2, 0.25) is 0 Å². The Bertz CT molecular complexity index is 772. The molecule has 24 heavy (non-hydrogen) atoms. The number of phenols is 2. The fourth-order valence-corrected chi connectivity index (χ4v) is 2.18. The number of anilines is 1. The number of rotatable bonds is 6. The first kappa shape index (κ1) is 17.1. The van der Waals surface area contributed by atoms with Gasteiger partial charge in [0, 0.05) is 12.5 Å². The first-order valence-corrected chi connectivity index (χ1v) is 7.12. The number of methoxy groups -OCH3 is 1. The van der Waals surface area contributed by atoms with Crippen molar-refractivity contribution < 1.29 is 29.6 Å². The number of ether oxygens (including phenoxy) is 1. The molecule has 0 saturated heterocycles. The number of nitrogens with one attached hydrogen (secondary N) is 1. The number of phenolic OH excluding ortho intramolecular Hbond substituents is 2. The predicted molar refractivity (Wildman–Crippen MR) is 86.7 cm³/mol. The largest absolute Gasteiger partial charge is 0.508 e. The van der Waals surface area contributed by atoms with Gasteiger partial charge in [0.05, 0.1) is 18.4 Å². The van der Waals surface area contributed by atoms with E-state index in [4.69, 9.17) is 9.84 Å². The Morgan fingerprint density at radius 2 is 1.88 bits per heavy atom. The van der Waals surface area contributed by atoms with Gasteiger partial charge in [0.2, 0.25) is 5.91 Å². The number of aromatic hydroxyl groups is 2. The van der Waals surface area contributed by atoms with Gasteiger partial charge >= 0.3 is 5.97 Å². The molecule has 2 aromatic carbocycles. The second-order valence-corrected chi connectivity index (χ2v) is 5.09. The summed E-state index contributed by atoms with van der Waals surface area (Å²) in [4.78, 5) is 23.1. The van der Waals surface area contributed by atoms with Crippen molar-refractivity contribution in [2.24, 2.45) is 0 Å². The van der Waals surface area contributed by atoms with E-state index in [0.29, 0.717) is 12.2 Å². The molecule has 0 fully saturated rings. The van der Waals surface area contributed by atoms with E-state index in [1.165, 1.54) is 31.4 Å². The van der Waals surface area contributed by atoms with Crippen molar-refractivity contribution in [3.8, 4) is 17.2 Å². The maximum atomic E-state index is 12.0. The quantitative estimate of drug-likeness (QED) is 0.646. The van der Waals surface area contributed by atoms with E-state index in [1.807, 2.05) is 0 Å². The van der Waals surface area contributed by atoms with Crippen molar-refractivity contribution in [1.29, 1.82) is 0 Å². The number of carboxylic acid groups (broad SMARTS) is 1. The number of carboxylic acids is 1. The van der Waals surface area contributed by atoms with Crippen LogP contribution in [-0.2, 0) is 11.2 Å². The molecule has 0 heterocycles. The fraction of sp³-hybridized carbons (Fsp3) is 0.176. The maximum Gasteiger partial charge on any atom is 0.337 e. The zero-order valence-electron chi connectivity index (χ0n) is 12.9. The lowest BCUT2D eigenvalue weighted by Crippen LogP contribution is -2.15. The number of hydrogen-bond acceptors (Lipinski definition) is 5. The lowest BCUT2D eigenvalue weighted by Gasteiger charge is -2.10. The van der Waals surface area contributed by atoms with E-state index in [0.717, 1.165) is 5.56 Å². The van der Waals surface area contributed by atoms with Crippen LogP contribution in [0.1, 0.15) is 22.3 Å². The van der Waals surface area contributed by atoms with Gasteiger partial charge in [0.25, 0.3) is 0 Å². The molecule has 0 aliphatic heterocycles. The van der Waals surface area contributed by atoms with Crippen LogP contribution in [0.5, 0.6) is 17.2 Å². The summed E-state index contributed by atoms with van der Waals surface area (Å²) in [6, 6.07) is 8.46. The zero-order chi connectivity index (χ0) is 17.7. The maximum absolute atomic E-state index is 12.0. The third-order valence-corrected chi connectivity index (χ3v) is 3.39. The first-order chi connectivity index (χ1) is 11.4. The highest BCUT2D eigenvalue weighted by atomic mass is 16.5. The van der Waals surface area contributed by atoms with Gasteiger partial charge in [-0.3, -0.25) is 4.79 Å². The molecule has 0 radical (unpaired) electrons. The predicted octanol–water partition coefficient (Wildman–Crippen LogP) is 2.38. The highest BCUT2D eigenvalue weighted by molar-refractivity contribution is 6.00. The molecule has 7 nitrogen and oxygen atoms in total. The smallest absolute Gasteiger partial charge is 0.337 e. The number of aromatic carboxylic acids is 1. The van der Waals surface area contributed by atoms with Crippen molar-refractivity contribution in [2.75, 3.05) is 12.4 Å². The van der Waals surface area contributed by atoms with Gasteiger partial charge < -0.3 is 25.4 Å². The Kier molecular flexibility index (Phi) is 5.26. The molecule has 0 atom stereocenters. The molecular weight excluding hydrogens is 314 g/mol. The van der Waals surface area contributed by atoms with Crippen LogP contribution in [0.25, 0.3) is 0 Å². The molecule has 0 unspecified atom stereocenters. The van der Waals surface area contributed by atoms with Crippen LogP contribution in [0.4, 0.5) is 5.69 Å². The summed E-state index contributed by atoms with van der Waals surface area (Å²) >= 11 is 0. The summed E-state index contributed by atoms with van der Waals surface area (Å²) in [6.07, 6.45) is 0.436. The summed E-state index contributed by atoms with van der Waals surface area (Å²) in [5.74, 6) is -1.43. The number of amides is 1. The van der Waals surface area contributed by atoms with E-state index in [2.05, 4.69) is 5.32 Å². The van der Waals surface area contributed by atoms with Crippen LogP contribution in [0.15, 0.2) is 36.4 Å². The van der Waals surface area contributed by atoms with Crippen LogP contribution < -0.4 is 10.1 Å². The topological polar surface area (TPSA) is 116 Å². The minimum absolute atomic E-state index is 0.0171. The molecule has 0 saturated carbocycles. The third-order valence-electron chi connectivity index (χ3n) is 3.39. The molecule has 1 amide bonds. The third kappa shape index (κ3) is 4.16. The second-order valence-electron chi connectivity index (χ2n) is 5.09. The number of aryl methyl sites for hydroxylation is 1. The SMILES string of the molecule is COc1ccc(CCC(=O)Nc2cc(O)ccc2C(=O)O)cc1O. The summed E-state index contributed by atoms with van der Waals surface area (Å²) < 4.78 is 4.94. The molecule has 0 aliphatic rings. The standard InChI is InChI=1S/C17H17NO6/c1-24-15-6-2-10(8-14(15)20)3-7-16(21)18-13-9-11(19)4-5-12(13)17(22)23/h2,4-6,8-9,19-20H,3,7H2,1H3,(H,18,21)(H,22,23). The van der Waals surface area contributed by atoms with Crippen LogP contribution in [0, 0.1) is 0 Å².